The summed E-state index contributed by atoms with van der Waals surface area (Å²) in [4.78, 5) is 6.98. The fourth-order valence-electron chi connectivity index (χ4n) is 2.43. The largest absolute Gasteiger partial charge is 0.342 e. The standard InChI is InChI=1S/C13H22N4/c1-3-6-17-10-11(2)15-13(17)16-7-4-12(9-14)5-8-16/h3,10,12H,1,4-9,14H2,2H3. The van der Waals surface area contributed by atoms with E-state index in [-0.39, 0.29) is 0 Å². The van der Waals surface area contributed by atoms with Crippen molar-refractivity contribution in [3.63, 3.8) is 0 Å². The molecule has 0 spiro atoms. The Morgan fingerprint density at radius 2 is 2.24 bits per heavy atom. The minimum Gasteiger partial charge on any atom is -0.342 e. The number of anilines is 1. The first-order valence-corrected chi connectivity index (χ1v) is 6.34. The second-order valence-corrected chi connectivity index (χ2v) is 4.79. The summed E-state index contributed by atoms with van der Waals surface area (Å²) >= 11 is 0. The molecule has 0 saturated carbocycles. The molecule has 0 radical (unpaired) electrons. The number of allylic oxidation sites excluding steroid dienone is 1. The van der Waals surface area contributed by atoms with Crippen LogP contribution >= 0.6 is 0 Å². The van der Waals surface area contributed by atoms with Crippen molar-refractivity contribution in [1.82, 2.24) is 9.55 Å². The third-order valence-electron chi connectivity index (χ3n) is 3.43. The van der Waals surface area contributed by atoms with Crippen LogP contribution in [0.4, 0.5) is 5.95 Å². The predicted octanol–water partition coefficient (Wildman–Crippen LogP) is 1.55. The molecule has 1 aromatic rings. The maximum absolute atomic E-state index is 5.72. The molecule has 2 N–H and O–H groups in total. The molecule has 4 nitrogen and oxygen atoms in total. The van der Waals surface area contributed by atoms with Crippen LogP contribution in [0, 0.1) is 12.8 Å². The first-order valence-electron chi connectivity index (χ1n) is 6.34. The van der Waals surface area contributed by atoms with Crippen LogP contribution in [-0.2, 0) is 6.54 Å². The summed E-state index contributed by atoms with van der Waals surface area (Å²) in [6, 6.07) is 0. The van der Waals surface area contributed by atoms with E-state index < -0.39 is 0 Å². The second-order valence-electron chi connectivity index (χ2n) is 4.79. The molecule has 17 heavy (non-hydrogen) atoms. The van der Waals surface area contributed by atoms with Crippen molar-refractivity contribution in [3.8, 4) is 0 Å². The molecule has 1 saturated heterocycles. The third-order valence-corrected chi connectivity index (χ3v) is 3.43. The van der Waals surface area contributed by atoms with Gasteiger partial charge in [-0.25, -0.2) is 4.98 Å². The van der Waals surface area contributed by atoms with Crippen LogP contribution in [0.25, 0.3) is 0 Å². The van der Waals surface area contributed by atoms with E-state index >= 15 is 0 Å². The molecule has 0 bridgehead atoms. The Bertz CT molecular complexity index is 375. The highest BCUT2D eigenvalue weighted by atomic mass is 15.3. The normalized spacial score (nSPS) is 17.4. The number of imidazole rings is 1. The molecule has 2 rings (SSSR count). The number of aromatic nitrogens is 2. The summed E-state index contributed by atoms with van der Waals surface area (Å²) in [5, 5.41) is 0. The second kappa shape index (κ2) is 5.36. The molecule has 1 aliphatic rings. The summed E-state index contributed by atoms with van der Waals surface area (Å²) in [5.74, 6) is 1.77. The Hall–Kier alpha value is -1.29. The van der Waals surface area contributed by atoms with Crippen LogP contribution in [0.2, 0.25) is 0 Å². The van der Waals surface area contributed by atoms with Crippen molar-refractivity contribution < 1.29 is 0 Å². The van der Waals surface area contributed by atoms with Gasteiger partial charge >= 0.3 is 0 Å². The number of piperidine rings is 1. The maximum Gasteiger partial charge on any atom is 0.206 e. The number of nitrogens with zero attached hydrogens (tertiary/aromatic N) is 3. The van der Waals surface area contributed by atoms with Gasteiger partial charge in [-0.1, -0.05) is 6.08 Å². The lowest BCUT2D eigenvalue weighted by Crippen LogP contribution is -2.37. The monoisotopic (exact) mass is 234 g/mol. The van der Waals surface area contributed by atoms with Crippen LogP contribution in [0.15, 0.2) is 18.9 Å². The highest BCUT2D eigenvalue weighted by Gasteiger charge is 2.21. The van der Waals surface area contributed by atoms with Crippen LogP contribution in [-0.4, -0.2) is 29.2 Å². The Balaban J connectivity index is 2.09. The first kappa shape index (κ1) is 12.2. The highest BCUT2D eigenvalue weighted by Crippen LogP contribution is 2.22. The van der Waals surface area contributed by atoms with Crippen LogP contribution in [0.5, 0.6) is 0 Å². The van der Waals surface area contributed by atoms with Gasteiger partial charge in [0.25, 0.3) is 0 Å². The summed E-state index contributed by atoms with van der Waals surface area (Å²) in [6.45, 7) is 9.60. The van der Waals surface area contributed by atoms with Crippen molar-refractivity contribution in [1.29, 1.82) is 0 Å². The minimum atomic E-state index is 0.690. The SMILES string of the molecule is C=CCn1cc(C)nc1N1CCC(CN)CC1. The van der Waals surface area contributed by atoms with Crippen molar-refractivity contribution in [2.24, 2.45) is 11.7 Å². The van der Waals surface area contributed by atoms with E-state index in [9.17, 15) is 0 Å². The molecule has 0 amide bonds. The molecule has 0 unspecified atom stereocenters. The molecule has 4 heteroatoms. The van der Waals surface area contributed by atoms with Gasteiger partial charge < -0.3 is 15.2 Å². The summed E-state index contributed by atoms with van der Waals surface area (Å²) in [7, 11) is 0. The highest BCUT2D eigenvalue weighted by molar-refractivity contribution is 5.34. The fraction of sp³-hybridized carbons (Fsp3) is 0.615. The Morgan fingerprint density at radius 1 is 1.53 bits per heavy atom. The number of nitrogens with two attached hydrogens (primary N) is 1. The molecule has 1 aliphatic heterocycles. The summed E-state index contributed by atoms with van der Waals surface area (Å²) in [5.41, 5.74) is 6.79. The van der Waals surface area contributed by atoms with E-state index in [2.05, 4.69) is 27.2 Å². The molecule has 0 aromatic carbocycles. The smallest absolute Gasteiger partial charge is 0.206 e. The number of aryl methyl sites for hydroxylation is 1. The minimum absolute atomic E-state index is 0.690. The van der Waals surface area contributed by atoms with Crippen LogP contribution in [0.3, 0.4) is 0 Å². The average Bonchev–Trinajstić information content (AvgIpc) is 2.71. The Kier molecular flexibility index (Phi) is 3.84. The molecular formula is C13H22N4. The number of rotatable bonds is 4. The van der Waals surface area contributed by atoms with Gasteiger partial charge in [0.15, 0.2) is 0 Å². The molecule has 0 atom stereocenters. The van der Waals surface area contributed by atoms with Gasteiger partial charge in [-0.15, -0.1) is 6.58 Å². The lowest BCUT2D eigenvalue weighted by Gasteiger charge is -2.32. The lowest BCUT2D eigenvalue weighted by molar-refractivity contribution is 0.409. The van der Waals surface area contributed by atoms with Crippen molar-refractivity contribution >= 4 is 5.95 Å². The first-order chi connectivity index (χ1) is 8.24. The third kappa shape index (κ3) is 2.69. The fourth-order valence-corrected chi connectivity index (χ4v) is 2.43. The van der Waals surface area contributed by atoms with Crippen molar-refractivity contribution in [2.45, 2.75) is 26.3 Å². The van der Waals surface area contributed by atoms with Gasteiger partial charge in [-0.05, 0) is 32.2 Å². The Labute approximate surface area is 103 Å². The van der Waals surface area contributed by atoms with Gasteiger partial charge in [-0.3, -0.25) is 0 Å². The van der Waals surface area contributed by atoms with Gasteiger partial charge in [-0.2, -0.15) is 0 Å². The van der Waals surface area contributed by atoms with Crippen LogP contribution < -0.4 is 10.6 Å². The maximum atomic E-state index is 5.72. The zero-order chi connectivity index (χ0) is 12.3. The molecule has 1 fully saturated rings. The molecule has 0 aliphatic carbocycles. The molecule has 2 heterocycles. The summed E-state index contributed by atoms with van der Waals surface area (Å²) in [6.07, 6.45) is 6.36. The zero-order valence-electron chi connectivity index (χ0n) is 10.6. The summed E-state index contributed by atoms with van der Waals surface area (Å²) < 4.78 is 2.17. The predicted molar refractivity (Wildman–Crippen MR) is 71.2 cm³/mol. The average molecular weight is 234 g/mol. The van der Waals surface area contributed by atoms with E-state index in [1.165, 1.54) is 12.8 Å². The molecule has 94 valence electrons. The van der Waals surface area contributed by atoms with Crippen molar-refractivity contribution in [2.75, 3.05) is 24.5 Å². The van der Waals surface area contributed by atoms with Gasteiger partial charge in [0.05, 0.1) is 5.69 Å². The molecule has 1 aromatic heterocycles. The zero-order valence-corrected chi connectivity index (χ0v) is 10.6. The topological polar surface area (TPSA) is 47.1 Å². The molecular weight excluding hydrogens is 212 g/mol. The van der Waals surface area contributed by atoms with E-state index in [1.807, 2.05) is 13.0 Å². The van der Waals surface area contributed by atoms with E-state index in [0.29, 0.717) is 5.92 Å². The van der Waals surface area contributed by atoms with Crippen LogP contribution in [0.1, 0.15) is 18.5 Å². The number of hydrogen-bond acceptors (Lipinski definition) is 3. The lowest BCUT2D eigenvalue weighted by atomic mass is 9.97. The van der Waals surface area contributed by atoms with E-state index in [0.717, 1.165) is 37.8 Å². The van der Waals surface area contributed by atoms with Crippen molar-refractivity contribution in [3.05, 3.63) is 24.5 Å². The quantitative estimate of drug-likeness (QED) is 0.804. The number of hydrogen-bond donors (Lipinski definition) is 1. The van der Waals surface area contributed by atoms with E-state index in [1.54, 1.807) is 0 Å². The Morgan fingerprint density at radius 3 is 2.82 bits per heavy atom. The van der Waals surface area contributed by atoms with Gasteiger partial charge in [0, 0.05) is 25.8 Å². The van der Waals surface area contributed by atoms with Gasteiger partial charge in [0.1, 0.15) is 0 Å². The van der Waals surface area contributed by atoms with E-state index in [4.69, 9.17) is 5.73 Å². The van der Waals surface area contributed by atoms with Gasteiger partial charge in [0.2, 0.25) is 5.95 Å².